The first-order chi connectivity index (χ1) is 12.0. The third-order valence-corrected chi connectivity index (χ3v) is 8.04. The van der Waals surface area contributed by atoms with Crippen LogP contribution >= 0.6 is 34.5 Å². The van der Waals surface area contributed by atoms with Crippen LogP contribution in [-0.4, -0.2) is 24.3 Å². The largest absolute Gasteiger partial charge is 0.245 e. The molecule has 2 heterocycles. The van der Waals surface area contributed by atoms with Crippen molar-refractivity contribution in [2.75, 3.05) is 6.54 Å². The molecule has 0 unspecified atom stereocenters. The molecule has 4 nitrogen and oxygen atoms in total. The molecule has 1 atom stereocenters. The number of fused-ring (bicyclic) bond motifs is 1. The molecule has 0 aliphatic carbocycles. The zero-order chi connectivity index (χ0) is 17.6. The molecule has 130 valence electrons. The summed E-state index contributed by atoms with van der Waals surface area (Å²) in [5.41, 5.74) is 0.896. The Morgan fingerprint density at radius 3 is 2.76 bits per heavy atom. The van der Waals surface area contributed by atoms with Gasteiger partial charge in [0.05, 0.1) is 21.3 Å². The van der Waals surface area contributed by atoms with Gasteiger partial charge in [0, 0.05) is 11.6 Å². The van der Waals surface area contributed by atoms with Crippen LogP contribution in [0.25, 0.3) is 10.2 Å². The zero-order valence-corrected chi connectivity index (χ0v) is 16.2. The minimum atomic E-state index is -3.74. The maximum absolute atomic E-state index is 13.2. The average Bonchev–Trinajstić information content (AvgIpc) is 3.23. The summed E-state index contributed by atoms with van der Waals surface area (Å²) in [6, 6.07) is 12.1. The van der Waals surface area contributed by atoms with Crippen LogP contribution in [0.5, 0.6) is 0 Å². The van der Waals surface area contributed by atoms with E-state index in [0.29, 0.717) is 11.6 Å². The summed E-state index contributed by atoms with van der Waals surface area (Å²) in [5, 5.41) is 1.35. The SMILES string of the molecule is O=S(=O)(c1cc(Cl)ccc1Cl)N1CCC[C@H]1c1nc2ccccc2s1. The molecular weight excluding hydrogens is 399 g/mol. The highest BCUT2D eigenvalue weighted by molar-refractivity contribution is 7.89. The molecule has 8 heteroatoms. The van der Waals surface area contributed by atoms with Crippen molar-refractivity contribution in [2.24, 2.45) is 0 Å². The van der Waals surface area contributed by atoms with E-state index in [4.69, 9.17) is 23.2 Å². The van der Waals surface area contributed by atoms with Crippen LogP contribution in [-0.2, 0) is 10.0 Å². The molecule has 0 radical (unpaired) electrons. The third kappa shape index (κ3) is 3.06. The van der Waals surface area contributed by atoms with Gasteiger partial charge in [-0.15, -0.1) is 11.3 Å². The van der Waals surface area contributed by atoms with Gasteiger partial charge in [0.15, 0.2) is 0 Å². The zero-order valence-electron chi connectivity index (χ0n) is 13.0. The van der Waals surface area contributed by atoms with Gasteiger partial charge in [0.1, 0.15) is 9.90 Å². The standard InChI is InChI=1S/C17H14Cl2N2O2S2/c18-11-7-8-12(19)16(10-11)25(22,23)21-9-3-5-14(21)17-20-13-4-1-2-6-15(13)24-17/h1-2,4,6-8,10,14H,3,5,9H2/t14-/m0/s1. The number of nitrogens with zero attached hydrogens (tertiary/aromatic N) is 2. The topological polar surface area (TPSA) is 50.3 Å². The highest BCUT2D eigenvalue weighted by atomic mass is 35.5. The van der Waals surface area contributed by atoms with E-state index >= 15 is 0 Å². The average molecular weight is 413 g/mol. The molecule has 0 bridgehead atoms. The van der Waals surface area contributed by atoms with Crippen LogP contribution in [0.1, 0.15) is 23.9 Å². The van der Waals surface area contributed by atoms with E-state index in [1.54, 1.807) is 17.4 Å². The quantitative estimate of drug-likeness (QED) is 0.598. The van der Waals surface area contributed by atoms with Crippen LogP contribution < -0.4 is 0 Å². The summed E-state index contributed by atoms with van der Waals surface area (Å²) in [7, 11) is -3.74. The number of hydrogen-bond acceptors (Lipinski definition) is 4. The normalized spacial score (nSPS) is 18.9. The summed E-state index contributed by atoms with van der Waals surface area (Å²) < 4.78 is 28.9. The molecule has 3 aromatic rings. The van der Waals surface area contributed by atoms with Gasteiger partial charge in [0.25, 0.3) is 0 Å². The first-order valence-electron chi connectivity index (χ1n) is 7.79. The fourth-order valence-corrected chi connectivity index (χ4v) is 6.69. The maximum atomic E-state index is 13.2. The van der Waals surface area contributed by atoms with E-state index < -0.39 is 10.0 Å². The summed E-state index contributed by atoms with van der Waals surface area (Å²) in [4.78, 5) is 4.70. The molecule has 1 aliphatic heterocycles. The Morgan fingerprint density at radius 2 is 1.96 bits per heavy atom. The number of hydrogen-bond donors (Lipinski definition) is 0. The Balaban J connectivity index is 1.77. The van der Waals surface area contributed by atoms with E-state index in [2.05, 4.69) is 4.98 Å². The van der Waals surface area contributed by atoms with Crippen molar-refractivity contribution in [1.82, 2.24) is 9.29 Å². The predicted octanol–water partition coefficient (Wildman–Crippen LogP) is 5.13. The van der Waals surface area contributed by atoms with Gasteiger partial charge in [-0.2, -0.15) is 4.31 Å². The van der Waals surface area contributed by atoms with Crippen molar-refractivity contribution >= 4 is 54.8 Å². The Labute approximate surface area is 160 Å². The van der Waals surface area contributed by atoms with Crippen molar-refractivity contribution < 1.29 is 8.42 Å². The molecule has 1 saturated heterocycles. The molecule has 25 heavy (non-hydrogen) atoms. The smallest absolute Gasteiger partial charge is 0.239 e. The Morgan fingerprint density at radius 1 is 1.16 bits per heavy atom. The highest BCUT2D eigenvalue weighted by Crippen LogP contribution is 2.41. The van der Waals surface area contributed by atoms with Crippen LogP contribution in [0.15, 0.2) is 47.4 Å². The third-order valence-electron chi connectivity index (χ3n) is 4.28. The minimum absolute atomic E-state index is 0.0506. The first-order valence-corrected chi connectivity index (χ1v) is 10.8. The summed E-state index contributed by atoms with van der Waals surface area (Å²) in [5.74, 6) is 0. The van der Waals surface area contributed by atoms with Crippen molar-refractivity contribution in [2.45, 2.75) is 23.8 Å². The second-order valence-corrected chi connectivity index (χ2v) is 9.63. The van der Waals surface area contributed by atoms with E-state index in [9.17, 15) is 8.42 Å². The first kappa shape index (κ1) is 17.2. The van der Waals surface area contributed by atoms with Crippen LogP contribution in [0, 0.1) is 0 Å². The van der Waals surface area contributed by atoms with E-state index in [0.717, 1.165) is 28.1 Å². The Hall–Kier alpha value is -1.18. The fourth-order valence-electron chi connectivity index (χ4n) is 3.11. The van der Waals surface area contributed by atoms with Crippen LogP contribution in [0.2, 0.25) is 10.0 Å². The second-order valence-electron chi connectivity index (χ2n) is 5.87. The molecule has 2 aromatic carbocycles. The number of thiazole rings is 1. The minimum Gasteiger partial charge on any atom is -0.239 e. The lowest BCUT2D eigenvalue weighted by Crippen LogP contribution is -2.30. The number of aromatic nitrogens is 1. The van der Waals surface area contributed by atoms with Crippen LogP contribution in [0.4, 0.5) is 0 Å². The monoisotopic (exact) mass is 412 g/mol. The molecule has 0 amide bonds. The van der Waals surface area contributed by atoms with Crippen molar-refractivity contribution in [3.05, 3.63) is 57.5 Å². The summed E-state index contributed by atoms with van der Waals surface area (Å²) in [6.45, 7) is 0.450. The Kier molecular flexibility index (Phi) is 4.50. The molecular formula is C17H14Cl2N2O2S2. The van der Waals surface area contributed by atoms with Gasteiger partial charge in [-0.25, -0.2) is 13.4 Å². The van der Waals surface area contributed by atoms with Gasteiger partial charge >= 0.3 is 0 Å². The van der Waals surface area contributed by atoms with Gasteiger partial charge in [-0.1, -0.05) is 35.3 Å². The number of rotatable bonds is 3. The van der Waals surface area contributed by atoms with Crippen LogP contribution in [0.3, 0.4) is 0 Å². The van der Waals surface area contributed by atoms with Gasteiger partial charge < -0.3 is 0 Å². The van der Waals surface area contributed by atoms with Crippen molar-refractivity contribution in [3.63, 3.8) is 0 Å². The molecule has 1 aliphatic rings. The van der Waals surface area contributed by atoms with Crippen molar-refractivity contribution in [1.29, 1.82) is 0 Å². The van der Waals surface area contributed by atoms with Gasteiger partial charge in [0.2, 0.25) is 10.0 Å². The molecule has 4 rings (SSSR count). The number of benzene rings is 2. The molecule has 1 fully saturated rings. The number of halogens is 2. The number of para-hydroxylation sites is 1. The van der Waals surface area contributed by atoms with E-state index in [-0.39, 0.29) is 16.0 Å². The maximum Gasteiger partial charge on any atom is 0.245 e. The molecule has 1 aromatic heterocycles. The second kappa shape index (κ2) is 6.52. The highest BCUT2D eigenvalue weighted by Gasteiger charge is 2.38. The predicted molar refractivity (Wildman–Crippen MR) is 102 cm³/mol. The Bertz CT molecular complexity index is 1020. The number of sulfonamides is 1. The lowest BCUT2D eigenvalue weighted by molar-refractivity contribution is 0.396. The van der Waals surface area contributed by atoms with E-state index in [1.807, 2.05) is 24.3 Å². The van der Waals surface area contributed by atoms with Gasteiger partial charge in [-0.3, -0.25) is 0 Å². The molecule has 0 spiro atoms. The van der Waals surface area contributed by atoms with Gasteiger partial charge in [-0.05, 0) is 43.2 Å². The van der Waals surface area contributed by atoms with Crippen molar-refractivity contribution in [3.8, 4) is 0 Å². The fraction of sp³-hybridized carbons (Fsp3) is 0.235. The molecule has 0 N–H and O–H groups in total. The molecule has 0 saturated carbocycles. The lowest BCUT2D eigenvalue weighted by Gasteiger charge is -2.23. The van der Waals surface area contributed by atoms with E-state index in [1.165, 1.54) is 16.4 Å². The summed E-state index contributed by atoms with van der Waals surface area (Å²) in [6.07, 6.45) is 1.54. The lowest BCUT2D eigenvalue weighted by atomic mass is 10.2. The summed E-state index contributed by atoms with van der Waals surface area (Å²) >= 11 is 13.7.